The van der Waals surface area contributed by atoms with Crippen molar-refractivity contribution in [2.45, 2.75) is 71.1 Å². The zero-order chi connectivity index (χ0) is 20.2. The van der Waals surface area contributed by atoms with Gasteiger partial charge in [0, 0.05) is 0 Å². The van der Waals surface area contributed by atoms with Crippen molar-refractivity contribution in [1.29, 1.82) is 0 Å². The molecule has 0 aliphatic heterocycles. The van der Waals surface area contributed by atoms with Gasteiger partial charge >= 0.3 is 5.97 Å². The van der Waals surface area contributed by atoms with Crippen molar-refractivity contribution in [3.8, 4) is 0 Å². The zero-order valence-electron chi connectivity index (χ0n) is 16.7. The van der Waals surface area contributed by atoms with Gasteiger partial charge in [-0.1, -0.05) is 43.2 Å². The fraction of sp³-hybridized carbons (Fsp3) is 0.619. The number of ether oxygens (including phenoxy) is 1. The molecule has 27 heavy (non-hydrogen) atoms. The second-order valence-corrected chi connectivity index (χ2v) is 8.51. The molecule has 3 N–H and O–H groups in total. The van der Waals surface area contributed by atoms with E-state index in [1.165, 1.54) is 0 Å². The van der Waals surface area contributed by atoms with Crippen molar-refractivity contribution < 1.29 is 19.4 Å². The molecule has 3 unspecified atom stereocenters. The smallest absolute Gasteiger partial charge is 0.319 e. The Hall–Kier alpha value is -1.92. The lowest BCUT2D eigenvalue weighted by Crippen LogP contribution is -2.55. The van der Waals surface area contributed by atoms with E-state index in [0.717, 1.165) is 23.4 Å². The number of amides is 1. The van der Waals surface area contributed by atoms with E-state index in [1.54, 1.807) is 27.7 Å². The number of aliphatic hydroxyl groups is 1. The van der Waals surface area contributed by atoms with Crippen LogP contribution in [0.5, 0.6) is 0 Å². The van der Waals surface area contributed by atoms with Gasteiger partial charge in [-0.3, -0.25) is 14.6 Å². The Kier molecular flexibility index (Phi) is 7.00. The van der Waals surface area contributed by atoms with Gasteiger partial charge in [-0.05, 0) is 52.0 Å². The predicted molar refractivity (Wildman–Crippen MR) is 103 cm³/mol. The number of hydrazine groups is 1. The lowest BCUT2D eigenvalue weighted by molar-refractivity contribution is -0.166. The van der Waals surface area contributed by atoms with Crippen molar-refractivity contribution in [1.82, 2.24) is 5.01 Å². The molecule has 6 heteroatoms. The average molecular weight is 376 g/mol. The molecule has 1 fully saturated rings. The van der Waals surface area contributed by atoms with E-state index in [2.05, 4.69) is 0 Å². The fourth-order valence-corrected chi connectivity index (χ4v) is 3.06. The van der Waals surface area contributed by atoms with Gasteiger partial charge in [0.2, 0.25) is 0 Å². The van der Waals surface area contributed by atoms with E-state index >= 15 is 0 Å². The first-order chi connectivity index (χ1) is 12.6. The fourth-order valence-electron chi connectivity index (χ4n) is 3.06. The Labute approximate surface area is 161 Å². The molecule has 1 aliphatic rings. The maximum atomic E-state index is 13.1. The van der Waals surface area contributed by atoms with Crippen LogP contribution in [0.4, 0.5) is 0 Å². The maximum Gasteiger partial charge on any atom is 0.319 e. The summed E-state index contributed by atoms with van der Waals surface area (Å²) in [4.78, 5) is 25.7. The molecule has 1 amide bonds. The quantitative estimate of drug-likeness (QED) is 0.239. The van der Waals surface area contributed by atoms with Crippen LogP contribution < -0.4 is 5.84 Å². The van der Waals surface area contributed by atoms with Gasteiger partial charge in [0.15, 0.2) is 0 Å². The van der Waals surface area contributed by atoms with Crippen LogP contribution in [0.25, 0.3) is 0 Å². The molecule has 150 valence electrons. The largest absolute Gasteiger partial charge is 0.459 e. The number of rotatable bonds is 8. The Bertz CT molecular complexity index is 635. The lowest BCUT2D eigenvalue weighted by atomic mass is 9.97. The van der Waals surface area contributed by atoms with Gasteiger partial charge < -0.3 is 9.84 Å². The third-order valence-electron chi connectivity index (χ3n) is 4.71. The maximum absolute atomic E-state index is 13.1. The number of nitrogens with two attached hydrogens (primary N) is 1. The highest BCUT2D eigenvalue weighted by atomic mass is 16.6. The first-order valence-corrected chi connectivity index (χ1v) is 9.61. The number of benzene rings is 1. The highest BCUT2D eigenvalue weighted by Gasteiger charge is 2.40. The van der Waals surface area contributed by atoms with Crippen molar-refractivity contribution in [2.75, 3.05) is 0 Å². The SMILES string of the molecule is CC(O)C(Cc1ccccc1)N(N)C(=O)C(CC1CC1)C(=O)OC(C)(C)C. The average Bonchev–Trinajstić information content (AvgIpc) is 3.39. The van der Waals surface area contributed by atoms with Crippen LogP contribution in [0.3, 0.4) is 0 Å². The van der Waals surface area contributed by atoms with E-state index in [0.29, 0.717) is 18.8 Å². The van der Waals surface area contributed by atoms with Crippen molar-refractivity contribution in [2.24, 2.45) is 17.7 Å². The first-order valence-electron chi connectivity index (χ1n) is 9.61. The number of carbonyl (C=O) groups is 2. The van der Waals surface area contributed by atoms with Crippen LogP contribution in [0.1, 0.15) is 52.5 Å². The van der Waals surface area contributed by atoms with E-state index in [4.69, 9.17) is 10.6 Å². The summed E-state index contributed by atoms with van der Waals surface area (Å²) in [5, 5.41) is 11.2. The number of aliphatic hydroxyl groups excluding tert-OH is 1. The molecular weight excluding hydrogens is 344 g/mol. The van der Waals surface area contributed by atoms with Crippen molar-refractivity contribution in [3.05, 3.63) is 35.9 Å². The van der Waals surface area contributed by atoms with Gasteiger partial charge in [-0.25, -0.2) is 5.84 Å². The Morgan fingerprint density at radius 1 is 1.26 bits per heavy atom. The van der Waals surface area contributed by atoms with E-state index in [-0.39, 0.29) is 0 Å². The normalized spacial score (nSPS) is 17.7. The summed E-state index contributed by atoms with van der Waals surface area (Å²) in [6.07, 6.45) is 2.05. The monoisotopic (exact) mass is 376 g/mol. The lowest BCUT2D eigenvalue weighted by Gasteiger charge is -2.33. The summed E-state index contributed by atoms with van der Waals surface area (Å²) < 4.78 is 5.45. The molecule has 1 aromatic carbocycles. The topological polar surface area (TPSA) is 92.9 Å². The summed E-state index contributed by atoms with van der Waals surface area (Å²) in [5.41, 5.74) is 0.286. The second kappa shape index (κ2) is 8.85. The van der Waals surface area contributed by atoms with Gasteiger partial charge in [0.05, 0.1) is 12.1 Å². The van der Waals surface area contributed by atoms with Crippen LogP contribution in [0, 0.1) is 11.8 Å². The minimum Gasteiger partial charge on any atom is -0.459 e. The third kappa shape index (κ3) is 6.63. The van der Waals surface area contributed by atoms with Crippen LogP contribution in [-0.2, 0) is 20.7 Å². The van der Waals surface area contributed by atoms with E-state index in [1.807, 2.05) is 30.3 Å². The number of carbonyl (C=O) groups excluding carboxylic acids is 2. The molecule has 6 nitrogen and oxygen atoms in total. The molecule has 1 saturated carbocycles. The van der Waals surface area contributed by atoms with E-state index in [9.17, 15) is 14.7 Å². The van der Waals surface area contributed by atoms with Gasteiger partial charge in [-0.2, -0.15) is 0 Å². The molecule has 3 atom stereocenters. The number of hydrogen-bond acceptors (Lipinski definition) is 5. The molecule has 0 spiro atoms. The first kappa shape index (κ1) is 21.4. The summed E-state index contributed by atoms with van der Waals surface area (Å²) >= 11 is 0. The molecule has 1 aromatic rings. The molecule has 2 rings (SSSR count). The van der Waals surface area contributed by atoms with Crippen LogP contribution in [0.15, 0.2) is 30.3 Å². The van der Waals surface area contributed by atoms with Crippen LogP contribution in [0.2, 0.25) is 0 Å². The van der Waals surface area contributed by atoms with Gasteiger partial charge in [0.25, 0.3) is 5.91 Å². The van der Waals surface area contributed by atoms with Crippen molar-refractivity contribution >= 4 is 11.9 Å². The Morgan fingerprint density at radius 2 is 1.85 bits per heavy atom. The summed E-state index contributed by atoms with van der Waals surface area (Å²) in [7, 11) is 0. The number of esters is 1. The highest BCUT2D eigenvalue weighted by molar-refractivity contribution is 5.97. The molecular formula is C21H32N2O4. The van der Waals surface area contributed by atoms with Crippen molar-refractivity contribution in [3.63, 3.8) is 0 Å². The molecule has 0 radical (unpaired) electrons. The number of hydrogen-bond donors (Lipinski definition) is 2. The Balaban J connectivity index is 2.15. The summed E-state index contributed by atoms with van der Waals surface area (Å²) in [5.74, 6) is 4.52. The zero-order valence-corrected chi connectivity index (χ0v) is 16.7. The van der Waals surface area contributed by atoms with E-state index < -0.39 is 35.5 Å². The molecule has 0 heterocycles. The minimum atomic E-state index is -0.932. The standard InChI is InChI=1S/C21H32N2O4/c1-14(24)18(13-15-8-6-5-7-9-15)23(22)19(25)17(12-16-10-11-16)20(26)27-21(2,3)4/h5-9,14,16-18,24H,10-13,22H2,1-4H3. The van der Waals surface area contributed by atoms with Gasteiger partial charge in [0.1, 0.15) is 11.5 Å². The summed E-state index contributed by atoms with van der Waals surface area (Å²) in [6.45, 7) is 6.93. The Morgan fingerprint density at radius 3 is 2.33 bits per heavy atom. The molecule has 0 saturated heterocycles. The summed E-state index contributed by atoms with van der Waals surface area (Å²) in [6, 6.07) is 8.91. The molecule has 0 bridgehead atoms. The van der Waals surface area contributed by atoms with Crippen LogP contribution in [-0.4, -0.2) is 39.7 Å². The second-order valence-electron chi connectivity index (χ2n) is 8.51. The van der Waals surface area contributed by atoms with Crippen LogP contribution >= 0.6 is 0 Å². The third-order valence-corrected chi connectivity index (χ3v) is 4.71. The highest BCUT2D eigenvalue weighted by Crippen LogP contribution is 2.36. The minimum absolute atomic E-state index is 0.360. The predicted octanol–water partition coefficient (Wildman–Crippen LogP) is 2.44. The molecule has 0 aromatic heterocycles. The van der Waals surface area contributed by atoms with Gasteiger partial charge in [-0.15, -0.1) is 0 Å². The number of nitrogens with zero attached hydrogens (tertiary/aromatic N) is 1. The molecule has 1 aliphatic carbocycles.